The maximum Gasteiger partial charge on any atom is 0.330 e. The zero-order chi connectivity index (χ0) is 19.7. The first-order chi connectivity index (χ1) is 11.8. The van der Waals surface area contributed by atoms with Gasteiger partial charge in [-0.2, -0.15) is 4.31 Å². The lowest BCUT2D eigenvalue weighted by Crippen LogP contribution is -2.57. The molecule has 146 valence electrons. The fourth-order valence-corrected chi connectivity index (χ4v) is 6.90. The summed E-state index contributed by atoms with van der Waals surface area (Å²) >= 11 is 0. The molecule has 2 heterocycles. The molecule has 0 bridgehead atoms. The molecule has 0 spiro atoms. The lowest BCUT2D eigenvalue weighted by atomic mass is 9.48. The highest BCUT2D eigenvalue weighted by molar-refractivity contribution is 7.89. The highest BCUT2D eigenvalue weighted by Gasteiger charge is 2.64. The van der Waals surface area contributed by atoms with Crippen LogP contribution >= 0.6 is 0 Å². The van der Waals surface area contributed by atoms with E-state index in [-0.39, 0.29) is 21.6 Å². The highest BCUT2D eigenvalue weighted by Crippen LogP contribution is 2.63. The molecule has 3 rings (SSSR count). The predicted molar refractivity (Wildman–Crippen MR) is 98.6 cm³/mol. The molecule has 1 aliphatic carbocycles. The molecule has 0 unspecified atom stereocenters. The monoisotopic (exact) mass is 384 g/mol. The van der Waals surface area contributed by atoms with Crippen LogP contribution in [0.25, 0.3) is 0 Å². The van der Waals surface area contributed by atoms with E-state index in [9.17, 15) is 18.0 Å². The summed E-state index contributed by atoms with van der Waals surface area (Å²) in [4.78, 5) is 26.1. The number of nitrogens with zero attached hydrogens (tertiary/aromatic N) is 4. The summed E-state index contributed by atoms with van der Waals surface area (Å²) in [6.07, 6.45) is 2.10. The Kier molecular flexibility index (Phi) is 4.29. The summed E-state index contributed by atoms with van der Waals surface area (Å²) in [5.74, 6) is 0.253. The quantitative estimate of drug-likeness (QED) is 0.711. The molecule has 26 heavy (non-hydrogen) atoms. The third-order valence-corrected chi connectivity index (χ3v) is 7.83. The van der Waals surface area contributed by atoms with Crippen LogP contribution in [0.2, 0.25) is 0 Å². The van der Waals surface area contributed by atoms with E-state index >= 15 is 0 Å². The van der Waals surface area contributed by atoms with Gasteiger partial charge in [0.1, 0.15) is 0 Å². The van der Waals surface area contributed by atoms with Crippen LogP contribution in [0.3, 0.4) is 0 Å². The topological polar surface area (TPSA) is 84.6 Å². The minimum absolute atomic E-state index is 0.0774. The van der Waals surface area contributed by atoms with Crippen molar-refractivity contribution in [3.05, 3.63) is 27.0 Å². The third kappa shape index (κ3) is 2.68. The van der Waals surface area contributed by atoms with Gasteiger partial charge in [-0.05, 0) is 31.8 Å². The van der Waals surface area contributed by atoms with Gasteiger partial charge in [0.2, 0.25) is 10.0 Å². The van der Waals surface area contributed by atoms with Crippen LogP contribution in [0, 0.1) is 16.7 Å². The molecule has 9 heteroatoms. The van der Waals surface area contributed by atoms with Crippen LogP contribution in [0.5, 0.6) is 0 Å². The second-order valence-corrected chi connectivity index (χ2v) is 10.8. The first kappa shape index (κ1) is 19.3. The number of aryl methyl sites for hydroxylation is 1. The molecule has 0 N–H and O–H groups in total. The van der Waals surface area contributed by atoms with Gasteiger partial charge in [-0.15, -0.1) is 0 Å². The number of rotatable bonds is 4. The van der Waals surface area contributed by atoms with Crippen LogP contribution in [0.15, 0.2) is 20.7 Å². The Bertz CT molecular complexity index is 956. The summed E-state index contributed by atoms with van der Waals surface area (Å²) in [6, 6.07) is 0. The lowest BCUT2D eigenvalue weighted by Gasteiger charge is -2.57. The van der Waals surface area contributed by atoms with Crippen molar-refractivity contribution in [1.82, 2.24) is 18.3 Å². The summed E-state index contributed by atoms with van der Waals surface area (Å²) in [5.41, 5.74) is -1.31. The molecule has 2 atom stereocenters. The Morgan fingerprint density at radius 1 is 1.23 bits per heavy atom. The first-order valence-electron chi connectivity index (χ1n) is 8.73. The Hall–Kier alpha value is -1.45. The van der Waals surface area contributed by atoms with Crippen LogP contribution in [0.1, 0.15) is 20.3 Å². The molecule has 0 radical (unpaired) electrons. The Morgan fingerprint density at radius 3 is 2.38 bits per heavy atom. The molecule has 1 aromatic rings. The van der Waals surface area contributed by atoms with E-state index in [0.29, 0.717) is 13.1 Å². The van der Waals surface area contributed by atoms with Crippen molar-refractivity contribution in [3.8, 4) is 0 Å². The number of aromatic nitrogens is 2. The van der Waals surface area contributed by atoms with Crippen molar-refractivity contribution < 1.29 is 8.42 Å². The molecule has 0 aromatic carbocycles. The highest BCUT2D eigenvalue weighted by atomic mass is 32.2. The zero-order valence-electron chi connectivity index (χ0n) is 16.3. The zero-order valence-corrected chi connectivity index (χ0v) is 17.1. The Morgan fingerprint density at radius 2 is 1.85 bits per heavy atom. The van der Waals surface area contributed by atoms with E-state index in [1.807, 2.05) is 14.1 Å². The maximum absolute atomic E-state index is 13.2. The molecule has 0 amide bonds. The normalized spacial score (nSPS) is 28.2. The summed E-state index contributed by atoms with van der Waals surface area (Å²) in [5, 5.41) is 0. The first-order valence-corrected chi connectivity index (χ1v) is 10.2. The second kappa shape index (κ2) is 5.77. The smallest absolute Gasteiger partial charge is 0.309 e. The van der Waals surface area contributed by atoms with Crippen molar-refractivity contribution in [2.75, 3.05) is 33.7 Å². The van der Waals surface area contributed by atoms with Crippen molar-refractivity contribution in [3.63, 3.8) is 0 Å². The van der Waals surface area contributed by atoms with Crippen LogP contribution in [-0.2, 0) is 24.1 Å². The molecular formula is C17H28N4O4S. The summed E-state index contributed by atoms with van der Waals surface area (Å²) in [7, 11) is 2.78. The SMILES string of the molecule is CN(C)C[C@@]12CN(S(=O)(=O)c3cn(C)c(=O)n(C)c3=O)C[C@@H]1C(C)(C)C2. The van der Waals surface area contributed by atoms with E-state index in [4.69, 9.17) is 0 Å². The minimum Gasteiger partial charge on any atom is -0.309 e. The Balaban J connectivity index is 2.03. The van der Waals surface area contributed by atoms with Gasteiger partial charge in [0.05, 0.1) is 0 Å². The fraction of sp³-hybridized carbons (Fsp3) is 0.765. The van der Waals surface area contributed by atoms with Crippen molar-refractivity contribution in [2.45, 2.75) is 25.2 Å². The van der Waals surface area contributed by atoms with E-state index in [2.05, 4.69) is 18.7 Å². The number of hydrogen-bond donors (Lipinski definition) is 0. The van der Waals surface area contributed by atoms with Gasteiger partial charge in [0.15, 0.2) is 4.90 Å². The Labute approximate surface area is 154 Å². The van der Waals surface area contributed by atoms with Crippen molar-refractivity contribution in [2.24, 2.45) is 30.8 Å². The predicted octanol–water partition coefficient (Wildman–Crippen LogP) is -0.318. The molecule has 8 nitrogen and oxygen atoms in total. The van der Waals surface area contributed by atoms with Gasteiger partial charge in [0, 0.05) is 45.3 Å². The second-order valence-electron chi connectivity index (χ2n) is 8.87. The molecule has 2 aliphatic rings. The van der Waals surface area contributed by atoms with Crippen molar-refractivity contribution >= 4 is 10.0 Å². The molecule has 1 aromatic heterocycles. The largest absolute Gasteiger partial charge is 0.330 e. The third-order valence-electron chi connectivity index (χ3n) is 6.03. The van der Waals surface area contributed by atoms with E-state index < -0.39 is 21.3 Å². The minimum atomic E-state index is -3.96. The number of fused-ring (bicyclic) bond motifs is 1. The molecule has 2 fully saturated rings. The molecule has 1 aliphatic heterocycles. The fourth-order valence-electron chi connectivity index (χ4n) is 5.20. The van der Waals surface area contributed by atoms with Gasteiger partial charge in [-0.1, -0.05) is 13.8 Å². The summed E-state index contributed by atoms with van der Waals surface area (Å²) < 4.78 is 29.8. The van der Waals surface area contributed by atoms with E-state index in [1.165, 1.54) is 18.4 Å². The molecule has 1 saturated heterocycles. The van der Waals surface area contributed by atoms with E-state index in [0.717, 1.165) is 28.3 Å². The van der Waals surface area contributed by atoms with Gasteiger partial charge < -0.3 is 9.47 Å². The van der Waals surface area contributed by atoms with Crippen LogP contribution < -0.4 is 11.2 Å². The van der Waals surface area contributed by atoms with Gasteiger partial charge in [-0.3, -0.25) is 9.36 Å². The maximum atomic E-state index is 13.2. The molecule has 1 saturated carbocycles. The number of hydrogen-bond acceptors (Lipinski definition) is 5. The van der Waals surface area contributed by atoms with Crippen molar-refractivity contribution in [1.29, 1.82) is 0 Å². The average Bonchev–Trinajstić information content (AvgIpc) is 2.83. The van der Waals surface area contributed by atoms with E-state index in [1.54, 1.807) is 0 Å². The lowest BCUT2D eigenvalue weighted by molar-refractivity contribution is -0.0789. The van der Waals surface area contributed by atoms with Gasteiger partial charge in [-0.25, -0.2) is 13.2 Å². The average molecular weight is 385 g/mol. The van der Waals surface area contributed by atoms with Gasteiger partial charge in [0.25, 0.3) is 5.56 Å². The molecular weight excluding hydrogens is 356 g/mol. The van der Waals surface area contributed by atoms with Crippen LogP contribution in [0.4, 0.5) is 0 Å². The van der Waals surface area contributed by atoms with Gasteiger partial charge >= 0.3 is 5.69 Å². The number of sulfonamides is 1. The summed E-state index contributed by atoms with van der Waals surface area (Å²) in [6.45, 7) is 5.99. The van der Waals surface area contributed by atoms with Crippen LogP contribution in [-0.4, -0.2) is 60.5 Å². The standard InChI is InChI=1S/C17H28N4O4S/c1-16(2)9-17(10-18(3)4)11-21(8-13(16)17)26(24,25)12-7-19(5)15(23)20(6)14(12)22/h7,13H,8-11H2,1-6H3/t13-,17+/m1/s1.